The highest BCUT2D eigenvalue weighted by Gasteiger charge is 2.11. The monoisotopic (exact) mass is 246 g/mol. The van der Waals surface area contributed by atoms with Crippen LogP contribution in [-0.4, -0.2) is 20.7 Å². The van der Waals surface area contributed by atoms with E-state index in [1.807, 2.05) is 13.8 Å². The molecule has 0 aliphatic heterocycles. The van der Waals surface area contributed by atoms with E-state index < -0.39 is 0 Å². The van der Waals surface area contributed by atoms with Crippen molar-refractivity contribution < 1.29 is 4.79 Å². The molecule has 0 fully saturated rings. The zero-order valence-electron chi connectivity index (χ0n) is 10.2. The first-order chi connectivity index (χ1) is 8.58. The third-order valence-electron chi connectivity index (χ3n) is 2.44. The van der Waals surface area contributed by atoms with Crippen LogP contribution in [0.4, 0.5) is 5.82 Å². The quantitative estimate of drug-likeness (QED) is 0.859. The Bertz CT molecular complexity index is 612. The summed E-state index contributed by atoms with van der Waals surface area (Å²) in [6, 6.07) is 4.66. The Balaban J connectivity index is 2.21. The maximum absolute atomic E-state index is 11.9. The summed E-state index contributed by atoms with van der Waals surface area (Å²) in [6.07, 6.45) is 3.06. The second-order valence-corrected chi connectivity index (χ2v) is 4.15. The van der Waals surface area contributed by atoms with E-state index in [0.29, 0.717) is 11.4 Å². The predicted molar refractivity (Wildman–Crippen MR) is 67.6 cm³/mol. The van der Waals surface area contributed by atoms with E-state index in [0.717, 1.165) is 0 Å². The van der Waals surface area contributed by atoms with Crippen LogP contribution in [0.15, 0.2) is 35.4 Å². The molecule has 0 bridgehead atoms. The van der Waals surface area contributed by atoms with E-state index in [4.69, 9.17) is 0 Å². The van der Waals surface area contributed by atoms with E-state index >= 15 is 0 Å². The Morgan fingerprint density at radius 1 is 1.44 bits per heavy atom. The first kappa shape index (κ1) is 12.1. The first-order valence-electron chi connectivity index (χ1n) is 5.61. The van der Waals surface area contributed by atoms with Crippen LogP contribution < -0.4 is 10.9 Å². The highest BCUT2D eigenvalue weighted by molar-refractivity contribution is 6.03. The van der Waals surface area contributed by atoms with Crippen LogP contribution in [0.3, 0.4) is 0 Å². The molecule has 0 radical (unpaired) electrons. The second kappa shape index (κ2) is 4.87. The largest absolute Gasteiger partial charge is 0.329 e. The second-order valence-electron chi connectivity index (χ2n) is 4.15. The van der Waals surface area contributed by atoms with Gasteiger partial charge in [-0.3, -0.25) is 9.59 Å². The maximum atomic E-state index is 11.9. The van der Waals surface area contributed by atoms with Gasteiger partial charge in [0.25, 0.3) is 5.91 Å². The highest BCUT2D eigenvalue weighted by Crippen LogP contribution is 2.13. The van der Waals surface area contributed by atoms with Crippen LogP contribution >= 0.6 is 0 Å². The van der Waals surface area contributed by atoms with Crippen molar-refractivity contribution in [3.8, 4) is 0 Å². The van der Waals surface area contributed by atoms with Crippen molar-refractivity contribution in [2.75, 3.05) is 5.32 Å². The van der Waals surface area contributed by atoms with Gasteiger partial charge in [0.2, 0.25) is 5.56 Å². The normalized spacial score (nSPS) is 10.6. The van der Waals surface area contributed by atoms with Crippen molar-refractivity contribution in [2.24, 2.45) is 0 Å². The molecule has 2 aromatic heterocycles. The van der Waals surface area contributed by atoms with Gasteiger partial charge < -0.3 is 10.3 Å². The lowest BCUT2D eigenvalue weighted by Crippen LogP contribution is -2.18. The fraction of sp³-hybridized carbons (Fsp3) is 0.250. The third kappa shape index (κ3) is 2.48. The smallest absolute Gasteiger partial charge is 0.257 e. The number of hydrogen-bond acceptors (Lipinski definition) is 3. The minimum Gasteiger partial charge on any atom is -0.329 e. The van der Waals surface area contributed by atoms with Crippen molar-refractivity contribution in [3.63, 3.8) is 0 Å². The van der Waals surface area contributed by atoms with Crippen LogP contribution in [0.1, 0.15) is 30.2 Å². The minimum atomic E-state index is -0.330. The summed E-state index contributed by atoms with van der Waals surface area (Å²) >= 11 is 0. The van der Waals surface area contributed by atoms with Gasteiger partial charge in [0.15, 0.2) is 0 Å². The molecular formula is C12H14N4O2. The van der Waals surface area contributed by atoms with Gasteiger partial charge >= 0.3 is 0 Å². The summed E-state index contributed by atoms with van der Waals surface area (Å²) in [6.45, 7) is 3.94. The molecule has 18 heavy (non-hydrogen) atoms. The van der Waals surface area contributed by atoms with Crippen LogP contribution in [0.25, 0.3) is 0 Å². The maximum Gasteiger partial charge on any atom is 0.257 e. The van der Waals surface area contributed by atoms with Gasteiger partial charge in [-0.1, -0.05) is 0 Å². The predicted octanol–water partition coefficient (Wildman–Crippen LogP) is 1.40. The molecule has 0 spiro atoms. The summed E-state index contributed by atoms with van der Waals surface area (Å²) in [4.78, 5) is 25.5. The Morgan fingerprint density at radius 3 is 2.89 bits per heavy atom. The van der Waals surface area contributed by atoms with Gasteiger partial charge in [0.1, 0.15) is 5.82 Å². The number of carbonyl (C=O) groups is 1. The molecule has 0 saturated carbocycles. The molecule has 0 aromatic carbocycles. The number of H-pyrrole nitrogens is 1. The Labute approximate surface area is 104 Å². The Kier molecular flexibility index (Phi) is 3.27. The molecular weight excluding hydrogens is 232 g/mol. The number of nitrogens with zero attached hydrogens (tertiary/aromatic N) is 2. The average molecular weight is 246 g/mol. The van der Waals surface area contributed by atoms with Gasteiger partial charge in [0, 0.05) is 29.9 Å². The topological polar surface area (TPSA) is 79.8 Å². The average Bonchev–Trinajstić information content (AvgIpc) is 2.77. The molecule has 6 heteroatoms. The lowest BCUT2D eigenvalue weighted by Gasteiger charge is -2.11. The van der Waals surface area contributed by atoms with E-state index in [-0.39, 0.29) is 17.5 Å². The van der Waals surface area contributed by atoms with Crippen LogP contribution in [-0.2, 0) is 0 Å². The lowest BCUT2D eigenvalue weighted by atomic mass is 10.2. The van der Waals surface area contributed by atoms with Crippen LogP contribution in [0.2, 0.25) is 0 Å². The minimum absolute atomic E-state index is 0.148. The first-order valence-corrected chi connectivity index (χ1v) is 5.61. The number of pyridine rings is 1. The molecule has 2 rings (SSSR count). The third-order valence-corrected chi connectivity index (χ3v) is 2.44. The molecule has 0 unspecified atom stereocenters. The molecule has 1 amide bonds. The molecule has 2 N–H and O–H groups in total. The molecule has 0 aliphatic rings. The van der Waals surface area contributed by atoms with E-state index in [2.05, 4.69) is 15.4 Å². The summed E-state index contributed by atoms with van der Waals surface area (Å²) in [5.74, 6) is 0.277. The van der Waals surface area contributed by atoms with Crippen LogP contribution in [0, 0.1) is 0 Å². The summed E-state index contributed by atoms with van der Waals surface area (Å²) in [5, 5.41) is 6.84. The van der Waals surface area contributed by atoms with Gasteiger partial charge in [-0.25, -0.2) is 4.68 Å². The standard InChI is InChI=1S/C12H14N4O2/c1-8(2)16-10(4-6-14-16)15-12(18)9-3-5-13-11(17)7-9/h3-8H,1-2H3,(H,13,17)(H,15,18). The van der Waals surface area contributed by atoms with E-state index in [1.165, 1.54) is 12.3 Å². The van der Waals surface area contributed by atoms with Gasteiger partial charge in [0.05, 0.1) is 6.20 Å². The van der Waals surface area contributed by atoms with Gasteiger partial charge in [-0.15, -0.1) is 0 Å². The zero-order valence-corrected chi connectivity index (χ0v) is 10.2. The number of aromatic amines is 1. The highest BCUT2D eigenvalue weighted by atomic mass is 16.2. The van der Waals surface area contributed by atoms with Crippen molar-refractivity contribution in [3.05, 3.63) is 46.5 Å². The van der Waals surface area contributed by atoms with Crippen molar-refractivity contribution in [1.29, 1.82) is 0 Å². The van der Waals surface area contributed by atoms with Crippen LogP contribution in [0.5, 0.6) is 0 Å². The molecule has 94 valence electrons. The number of aromatic nitrogens is 3. The molecule has 0 aliphatic carbocycles. The number of rotatable bonds is 3. The lowest BCUT2D eigenvalue weighted by molar-refractivity contribution is 0.102. The van der Waals surface area contributed by atoms with Crippen molar-refractivity contribution in [1.82, 2.24) is 14.8 Å². The molecule has 2 heterocycles. The van der Waals surface area contributed by atoms with Gasteiger partial charge in [-0.2, -0.15) is 5.10 Å². The zero-order chi connectivity index (χ0) is 13.1. The molecule has 2 aromatic rings. The Hall–Kier alpha value is -2.37. The number of carbonyl (C=O) groups excluding carboxylic acids is 1. The fourth-order valence-corrected chi connectivity index (χ4v) is 1.60. The molecule has 0 atom stereocenters. The molecule has 0 saturated heterocycles. The van der Waals surface area contributed by atoms with E-state index in [9.17, 15) is 9.59 Å². The van der Waals surface area contributed by atoms with E-state index in [1.54, 1.807) is 23.0 Å². The summed E-state index contributed by atoms with van der Waals surface area (Å²) < 4.78 is 1.70. The Morgan fingerprint density at radius 2 is 2.22 bits per heavy atom. The summed E-state index contributed by atoms with van der Waals surface area (Å²) in [5.41, 5.74) is 0.00951. The van der Waals surface area contributed by atoms with Gasteiger partial charge in [-0.05, 0) is 19.9 Å². The number of amides is 1. The molecule has 6 nitrogen and oxygen atoms in total. The summed E-state index contributed by atoms with van der Waals surface area (Å²) in [7, 11) is 0. The van der Waals surface area contributed by atoms with Crippen molar-refractivity contribution in [2.45, 2.75) is 19.9 Å². The SMILES string of the molecule is CC(C)n1nccc1NC(=O)c1cc[nH]c(=O)c1. The van der Waals surface area contributed by atoms with Crippen molar-refractivity contribution >= 4 is 11.7 Å². The fourth-order valence-electron chi connectivity index (χ4n) is 1.60. The number of hydrogen-bond donors (Lipinski definition) is 2. The number of nitrogens with one attached hydrogen (secondary N) is 2. The number of anilines is 1.